The molecule has 1 aromatic heterocycles. The van der Waals surface area contributed by atoms with Crippen molar-refractivity contribution in [2.24, 2.45) is 0 Å². The predicted octanol–water partition coefficient (Wildman–Crippen LogP) is 4.51. The summed E-state index contributed by atoms with van der Waals surface area (Å²) < 4.78 is 27.2. The van der Waals surface area contributed by atoms with Gasteiger partial charge >= 0.3 is 0 Å². The zero-order valence-electron chi connectivity index (χ0n) is 12.8. The summed E-state index contributed by atoms with van der Waals surface area (Å²) in [4.78, 5) is 4.32. The molecule has 0 bridgehead atoms. The van der Waals surface area contributed by atoms with Crippen LogP contribution < -0.4 is 0 Å². The molecule has 0 saturated carbocycles. The molecule has 0 radical (unpaired) electrons. The number of aryl methyl sites for hydroxylation is 3. The van der Waals surface area contributed by atoms with Crippen LogP contribution >= 0.6 is 23.2 Å². The van der Waals surface area contributed by atoms with Gasteiger partial charge in [0.1, 0.15) is 6.33 Å². The molecule has 0 unspecified atom stereocenters. The quantitative estimate of drug-likeness (QED) is 0.668. The van der Waals surface area contributed by atoms with Gasteiger partial charge in [-0.3, -0.25) is 0 Å². The zero-order valence-corrected chi connectivity index (χ0v) is 15.1. The number of imidazole rings is 1. The van der Waals surface area contributed by atoms with Gasteiger partial charge < -0.3 is 0 Å². The summed E-state index contributed by atoms with van der Waals surface area (Å²) in [6.07, 6.45) is 1.32. The van der Waals surface area contributed by atoms with Crippen LogP contribution in [-0.4, -0.2) is 17.4 Å². The minimum Gasteiger partial charge on any atom is -0.236 e. The van der Waals surface area contributed by atoms with E-state index >= 15 is 0 Å². The first-order valence-electron chi connectivity index (χ1n) is 6.87. The molecule has 120 valence electrons. The Morgan fingerprint density at radius 3 is 2.22 bits per heavy atom. The summed E-state index contributed by atoms with van der Waals surface area (Å²) in [7, 11) is -3.81. The first-order valence-corrected chi connectivity index (χ1v) is 9.07. The number of halogens is 2. The third kappa shape index (κ3) is 2.63. The van der Waals surface area contributed by atoms with Crippen molar-refractivity contribution >= 4 is 44.3 Å². The van der Waals surface area contributed by atoms with Gasteiger partial charge in [-0.15, -0.1) is 0 Å². The number of nitrogens with zero attached hydrogens (tertiary/aromatic N) is 2. The van der Waals surface area contributed by atoms with Crippen LogP contribution in [0.15, 0.2) is 35.5 Å². The fourth-order valence-electron chi connectivity index (χ4n) is 2.45. The predicted molar refractivity (Wildman–Crippen MR) is 93.0 cm³/mol. The lowest BCUT2D eigenvalue weighted by Crippen LogP contribution is -2.13. The molecule has 0 aliphatic carbocycles. The lowest BCUT2D eigenvalue weighted by atomic mass is 10.1. The molecule has 0 atom stereocenters. The molecule has 7 heteroatoms. The highest BCUT2D eigenvalue weighted by Crippen LogP contribution is 2.30. The molecule has 1 heterocycles. The van der Waals surface area contributed by atoms with E-state index in [4.69, 9.17) is 23.2 Å². The largest absolute Gasteiger partial charge is 0.269 e. The normalized spacial score (nSPS) is 12.0. The van der Waals surface area contributed by atoms with Gasteiger partial charge in [-0.05, 0) is 61.7 Å². The van der Waals surface area contributed by atoms with Gasteiger partial charge in [-0.2, -0.15) is 0 Å². The lowest BCUT2D eigenvalue weighted by Gasteiger charge is -2.11. The van der Waals surface area contributed by atoms with Crippen LogP contribution in [0, 0.1) is 20.8 Å². The Hall–Kier alpha value is -1.56. The smallest absolute Gasteiger partial charge is 0.236 e. The van der Waals surface area contributed by atoms with Crippen LogP contribution in [0.25, 0.3) is 11.0 Å². The van der Waals surface area contributed by atoms with Crippen molar-refractivity contribution in [3.8, 4) is 0 Å². The summed E-state index contributed by atoms with van der Waals surface area (Å²) >= 11 is 11.9. The highest BCUT2D eigenvalue weighted by Gasteiger charge is 2.23. The molecule has 0 spiro atoms. The number of aromatic nitrogens is 2. The van der Waals surface area contributed by atoms with Gasteiger partial charge in [-0.25, -0.2) is 17.4 Å². The lowest BCUT2D eigenvalue weighted by molar-refractivity contribution is 0.588. The number of hydrogen-bond acceptors (Lipinski definition) is 3. The number of rotatable bonds is 2. The van der Waals surface area contributed by atoms with E-state index in [2.05, 4.69) is 4.98 Å². The van der Waals surface area contributed by atoms with E-state index in [0.29, 0.717) is 21.6 Å². The Kier molecular flexibility index (Phi) is 3.91. The van der Waals surface area contributed by atoms with Crippen molar-refractivity contribution in [1.82, 2.24) is 8.96 Å². The van der Waals surface area contributed by atoms with Gasteiger partial charge in [0.25, 0.3) is 10.0 Å². The zero-order chi connectivity index (χ0) is 16.9. The maximum Gasteiger partial charge on any atom is 0.269 e. The van der Waals surface area contributed by atoms with Gasteiger partial charge in [0.15, 0.2) is 0 Å². The van der Waals surface area contributed by atoms with E-state index in [1.54, 1.807) is 13.0 Å². The van der Waals surface area contributed by atoms with Crippen LogP contribution in [0.3, 0.4) is 0 Å². The fraction of sp³-hybridized carbons (Fsp3) is 0.188. The number of fused-ring (bicyclic) bond motifs is 1. The highest BCUT2D eigenvalue weighted by molar-refractivity contribution is 7.90. The molecule has 2 aromatic carbocycles. The average Bonchev–Trinajstić information content (AvgIpc) is 2.86. The summed E-state index contributed by atoms with van der Waals surface area (Å²) in [6, 6.07) is 6.62. The maximum atomic E-state index is 13.0. The molecule has 4 nitrogen and oxygen atoms in total. The van der Waals surface area contributed by atoms with Crippen molar-refractivity contribution in [2.45, 2.75) is 25.7 Å². The van der Waals surface area contributed by atoms with Crippen molar-refractivity contribution in [1.29, 1.82) is 0 Å². The maximum absolute atomic E-state index is 13.0. The van der Waals surface area contributed by atoms with Crippen molar-refractivity contribution in [3.63, 3.8) is 0 Å². The second-order valence-electron chi connectivity index (χ2n) is 5.50. The number of benzene rings is 2. The van der Waals surface area contributed by atoms with Gasteiger partial charge in [-0.1, -0.05) is 23.2 Å². The molecule has 23 heavy (non-hydrogen) atoms. The Morgan fingerprint density at radius 2 is 1.52 bits per heavy atom. The van der Waals surface area contributed by atoms with Gasteiger partial charge in [0, 0.05) is 0 Å². The molecule has 3 rings (SSSR count). The van der Waals surface area contributed by atoms with Crippen LogP contribution in [0.2, 0.25) is 10.0 Å². The monoisotopic (exact) mass is 368 g/mol. The van der Waals surface area contributed by atoms with Crippen LogP contribution in [0.5, 0.6) is 0 Å². The Labute approximate surface area is 144 Å². The first kappa shape index (κ1) is 16.3. The van der Waals surface area contributed by atoms with Gasteiger partial charge in [0.2, 0.25) is 0 Å². The third-order valence-corrected chi connectivity index (χ3v) is 6.41. The summed E-state index contributed by atoms with van der Waals surface area (Å²) in [6.45, 7) is 5.58. The second-order valence-corrected chi connectivity index (χ2v) is 8.10. The van der Waals surface area contributed by atoms with E-state index in [1.807, 2.05) is 26.0 Å². The van der Waals surface area contributed by atoms with E-state index in [1.165, 1.54) is 16.4 Å². The molecule has 0 fully saturated rings. The minimum absolute atomic E-state index is 0.115. The Bertz CT molecular complexity index is 1040. The van der Waals surface area contributed by atoms with Gasteiger partial charge in [0.05, 0.1) is 26.0 Å². The molecule has 0 aliphatic rings. The minimum atomic E-state index is -3.81. The topological polar surface area (TPSA) is 52.0 Å². The molecule has 0 amide bonds. The molecule has 3 aromatic rings. The molecular weight excluding hydrogens is 355 g/mol. The molecule has 0 N–H and O–H groups in total. The van der Waals surface area contributed by atoms with Crippen molar-refractivity contribution < 1.29 is 8.42 Å². The average molecular weight is 369 g/mol. The summed E-state index contributed by atoms with van der Waals surface area (Å²) in [5, 5.41) is 0.525. The van der Waals surface area contributed by atoms with E-state index in [0.717, 1.165) is 11.1 Å². The molecular formula is C16H14Cl2N2O2S. The van der Waals surface area contributed by atoms with Crippen molar-refractivity contribution in [3.05, 3.63) is 57.3 Å². The summed E-state index contributed by atoms with van der Waals surface area (Å²) in [5.74, 6) is 0. The second kappa shape index (κ2) is 5.51. The SMILES string of the molecule is Cc1cc2ncn(S(=O)(=O)c3cc(Cl)c(Cl)cc3C)c2cc1C. The highest BCUT2D eigenvalue weighted by atomic mass is 35.5. The third-order valence-electron chi connectivity index (χ3n) is 3.88. The van der Waals surface area contributed by atoms with Crippen LogP contribution in [-0.2, 0) is 10.0 Å². The molecule has 0 saturated heterocycles. The molecule has 0 aliphatic heterocycles. The Balaban J connectivity index is 2.29. The number of hydrogen-bond donors (Lipinski definition) is 0. The van der Waals surface area contributed by atoms with Crippen LogP contribution in [0.4, 0.5) is 0 Å². The van der Waals surface area contributed by atoms with Crippen molar-refractivity contribution in [2.75, 3.05) is 0 Å². The van der Waals surface area contributed by atoms with Crippen LogP contribution in [0.1, 0.15) is 16.7 Å². The summed E-state index contributed by atoms with van der Waals surface area (Å²) in [5.41, 5.74) is 3.77. The Morgan fingerprint density at radius 1 is 0.913 bits per heavy atom. The van der Waals surface area contributed by atoms with E-state index < -0.39 is 10.0 Å². The van der Waals surface area contributed by atoms with E-state index in [9.17, 15) is 8.42 Å². The van der Waals surface area contributed by atoms with E-state index in [-0.39, 0.29) is 9.92 Å². The first-order chi connectivity index (χ1) is 10.7. The fourth-order valence-corrected chi connectivity index (χ4v) is 4.41. The standard InChI is InChI=1S/C16H14Cl2N2O2S/c1-9-5-14-15(6-10(9)2)20(8-19-14)23(21,22)16-7-13(18)12(17)4-11(16)3/h4-8H,1-3H3.